The summed E-state index contributed by atoms with van der Waals surface area (Å²) in [7, 11) is 1.90. The molecular formula is C11H15N3O. The molecule has 0 unspecified atom stereocenters. The van der Waals surface area contributed by atoms with Crippen molar-refractivity contribution in [1.82, 2.24) is 14.9 Å². The number of aromatic nitrogens is 3. The van der Waals surface area contributed by atoms with Gasteiger partial charge in [0.15, 0.2) is 5.76 Å². The second-order valence-corrected chi connectivity index (χ2v) is 4.07. The van der Waals surface area contributed by atoms with Crippen LogP contribution < -0.4 is 0 Å². The predicted octanol–water partition coefficient (Wildman–Crippen LogP) is 2.51. The van der Waals surface area contributed by atoms with Crippen molar-refractivity contribution in [3.05, 3.63) is 23.7 Å². The summed E-state index contributed by atoms with van der Waals surface area (Å²) < 4.78 is 7.08. The van der Waals surface area contributed by atoms with Crippen LogP contribution in [0, 0.1) is 6.92 Å². The van der Waals surface area contributed by atoms with Gasteiger partial charge in [-0.05, 0) is 12.8 Å². The number of aryl methyl sites for hydroxylation is 2. The fourth-order valence-electron chi connectivity index (χ4n) is 1.53. The summed E-state index contributed by atoms with van der Waals surface area (Å²) in [6.07, 6.45) is 1.94. The van der Waals surface area contributed by atoms with E-state index >= 15 is 0 Å². The maximum atomic E-state index is 5.30. The van der Waals surface area contributed by atoms with Gasteiger partial charge in [0, 0.05) is 19.3 Å². The summed E-state index contributed by atoms with van der Waals surface area (Å²) in [6.45, 7) is 6.16. The van der Waals surface area contributed by atoms with Crippen LogP contribution in [0.2, 0.25) is 0 Å². The van der Waals surface area contributed by atoms with Crippen LogP contribution in [-0.4, -0.2) is 14.9 Å². The average molecular weight is 205 g/mol. The third-order valence-corrected chi connectivity index (χ3v) is 2.40. The van der Waals surface area contributed by atoms with Crippen molar-refractivity contribution in [2.75, 3.05) is 0 Å². The highest BCUT2D eigenvalue weighted by Gasteiger charge is 2.13. The van der Waals surface area contributed by atoms with Crippen LogP contribution in [0.3, 0.4) is 0 Å². The van der Waals surface area contributed by atoms with Gasteiger partial charge in [0.05, 0.1) is 17.0 Å². The van der Waals surface area contributed by atoms with E-state index in [-0.39, 0.29) is 0 Å². The molecule has 0 aromatic carbocycles. The van der Waals surface area contributed by atoms with Gasteiger partial charge in [0.25, 0.3) is 0 Å². The normalized spacial score (nSPS) is 11.3. The number of rotatable bonds is 2. The zero-order valence-corrected chi connectivity index (χ0v) is 9.48. The molecule has 2 aromatic heterocycles. The van der Waals surface area contributed by atoms with Crippen LogP contribution in [0.4, 0.5) is 0 Å². The number of hydrogen-bond acceptors (Lipinski definition) is 3. The molecule has 0 aliphatic heterocycles. The SMILES string of the molecule is Cc1nn(C)cc1-c1cc(C(C)C)no1. The molecule has 0 N–H and O–H groups in total. The minimum absolute atomic E-state index is 0.388. The highest BCUT2D eigenvalue weighted by Crippen LogP contribution is 2.25. The zero-order chi connectivity index (χ0) is 11.0. The summed E-state index contributed by atoms with van der Waals surface area (Å²) in [4.78, 5) is 0. The largest absolute Gasteiger partial charge is 0.356 e. The van der Waals surface area contributed by atoms with Gasteiger partial charge in [-0.15, -0.1) is 0 Å². The van der Waals surface area contributed by atoms with E-state index in [0.29, 0.717) is 5.92 Å². The van der Waals surface area contributed by atoms with E-state index in [4.69, 9.17) is 4.52 Å². The summed E-state index contributed by atoms with van der Waals surface area (Å²) >= 11 is 0. The smallest absolute Gasteiger partial charge is 0.170 e. The lowest BCUT2D eigenvalue weighted by Crippen LogP contribution is -1.86. The van der Waals surface area contributed by atoms with Crippen molar-refractivity contribution < 1.29 is 4.52 Å². The van der Waals surface area contributed by atoms with E-state index < -0.39 is 0 Å². The highest BCUT2D eigenvalue weighted by atomic mass is 16.5. The van der Waals surface area contributed by atoms with E-state index in [0.717, 1.165) is 22.7 Å². The van der Waals surface area contributed by atoms with Gasteiger partial charge in [-0.25, -0.2) is 0 Å². The first kappa shape index (κ1) is 9.96. The standard InChI is InChI=1S/C11H15N3O/c1-7(2)10-5-11(15-13-10)9-6-14(4)12-8(9)3/h5-7H,1-4H3. The van der Waals surface area contributed by atoms with E-state index in [9.17, 15) is 0 Å². The van der Waals surface area contributed by atoms with Crippen LogP contribution in [0.25, 0.3) is 11.3 Å². The van der Waals surface area contributed by atoms with Gasteiger partial charge < -0.3 is 4.52 Å². The Hall–Kier alpha value is -1.58. The van der Waals surface area contributed by atoms with Crippen molar-refractivity contribution in [3.8, 4) is 11.3 Å². The summed E-state index contributed by atoms with van der Waals surface area (Å²) in [5, 5.41) is 8.30. The third kappa shape index (κ3) is 1.79. The Bertz CT molecular complexity index is 468. The molecule has 0 fully saturated rings. The van der Waals surface area contributed by atoms with Crippen molar-refractivity contribution in [2.45, 2.75) is 26.7 Å². The molecule has 0 amide bonds. The molecule has 4 nitrogen and oxygen atoms in total. The van der Waals surface area contributed by atoms with E-state index in [1.165, 1.54) is 0 Å². The molecule has 0 saturated carbocycles. The molecule has 0 bridgehead atoms. The Morgan fingerprint density at radius 1 is 1.40 bits per heavy atom. The van der Waals surface area contributed by atoms with Crippen LogP contribution in [-0.2, 0) is 7.05 Å². The molecule has 4 heteroatoms. The van der Waals surface area contributed by atoms with Crippen molar-refractivity contribution in [1.29, 1.82) is 0 Å². The van der Waals surface area contributed by atoms with Crippen LogP contribution in [0.1, 0.15) is 31.2 Å². The molecule has 2 heterocycles. The Labute approximate surface area is 88.9 Å². The van der Waals surface area contributed by atoms with Crippen LogP contribution >= 0.6 is 0 Å². The first-order valence-electron chi connectivity index (χ1n) is 5.05. The molecular weight excluding hydrogens is 190 g/mol. The summed E-state index contributed by atoms with van der Waals surface area (Å²) in [5.41, 5.74) is 2.95. The lowest BCUT2D eigenvalue weighted by Gasteiger charge is -1.93. The second-order valence-electron chi connectivity index (χ2n) is 4.07. The first-order chi connectivity index (χ1) is 7.08. The maximum Gasteiger partial charge on any atom is 0.170 e. The van der Waals surface area contributed by atoms with Gasteiger partial charge in [0.2, 0.25) is 0 Å². The Morgan fingerprint density at radius 2 is 2.13 bits per heavy atom. The zero-order valence-electron chi connectivity index (χ0n) is 9.48. The van der Waals surface area contributed by atoms with E-state index in [2.05, 4.69) is 24.1 Å². The molecule has 0 aliphatic carbocycles. The molecule has 0 atom stereocenters. The molecule has 80 valence electrons. The number of hydrogen-bond donors (Lipinski definition) is 0. The summed E-state index contributed by atoms with van der Waals surface area (Å²) in [6, 6.07) is 1.98. The molecule has 0 spiro atoms. The monoisotopic (exact) mass is 205 g/mol. The fraction of sp³-hybridized carbons (Fsp3) is 0.455. The number of nitrogens with zero attached hydrogens (tertiary/aromatic N) is 3. The lowest BCUT2D eigenvalue weighted by molar-refractivity contribution is 0.419. The van der Waals surface area contributed by atoms with Crippen molar-refractivity contribution in [3.63, 3.8) is 0 Å². The maximum absolute atomic E-state index is 5.30. The van der Waals surface area contributed by atoms with Gasteiger partial charge in [-0.1, -0.05) is 19.0 Å². The minimum atomic E-state index is 0.388. The van der Waals surface area contributed by atoms with E-state index in [1.54, 1.807) is 4.68 Å². The molecule has 0 radical (unpaired) electrons. The quantitative estimate of drug-likeness (QED) is 0.756. The minimum Gasteiger partial charge on any atom is -0.356 e. The molecule has 2 aromatic rings. The fourth-order valence-corrected chi connectivity index (χ4v) is 1.53. The van der Waals surface area contributed by atoms with Gasteiger partial charge >= 0.3 is 0 Å². The summed E-state index contributed by atoms with van der Waals surface area (Å²) in [5.74, 6) is 1.18. The Balaban J connectivity index is 2.41. The van der Waals surface area contributed by atoms with Crippen LogP contribution in [0.15, 0.2) is 16.8 Å². The lowest BCUT2D eigenvalue weighted by atomic mass is 10.1. The Kier molecular flexibility index (Phi) is 2.34. The third-order valence-electron chi connectivity index (χ3n) is 2.40. The molecule has 2 rings (SSSR count). The molecule has 15 heavy (non-hydrogen) atoms. The first-order valence-corrected chi connectivity index (χ1v) is 5.05. The van der Waals surface area contributed by atoms with Crippen molar-refractivity contribution >= 4 is 0 Å². The predicted molar refractivity (Wildman–Crippen MR) is 57.5 cm³/mol. The Morgan fingerprint density at radius 3 is 2.60 bits per heavy atom. The van der Waals surface area contributed by atoms with E-state index in [1.807, 2.05) is 26.2 Å². The van der Waals surface area contributed by atoms with Crippen molar-refractivity contribution in [2.24, 2.45) is 7.05 Å². The van der Waals surface area contributed by atoms with Gasteiger partial charge in [-0.2, -0.15) is 5.10 Å². The topological polar surface area (TPSA) is 43.9 Å². The average Bonchev–Trinajstić information content (AvgIpc) is 2.71. The van der Waals surface area contributed by atoms with Crippen LogP contribution in [0.5, 0.6) is 0 Å². The molecule has 0 saturated heterocycles. The highest BCUT2D eigenvalue weighted by molar-refractivity contribution is 5.59. The second kappa shape index (κ2) is 3.53. The van der Waals surface area contributed by atoms with Gasteiger partial charge in [-0.3, -0.25) is 4.68 Å². The molecule has 0 aliphatic rings. The van der Waals surface area contributed by atoms with Gasteiger partial charge in [0.1, 0.15) is 0 Å².